The van der Waals surface area contributed by atoms with Crippen LogP contribution >= 0.6 is 11.3 Å². The monoisotopic (exact) mass is 533 g/mol. The minimum absolute atomic E-state index is 0.128. The standard InChI is InChI=1S/C25H27N9O3S/c1-29-25(37)32(10-9-26)33-14-21(35)34-18(11-15-5-7-17(27)8-6-15)23(36)31(13-20(33)34)12-16-3-2-4-19-22(16)30-24(28)38-19/h2-8,18,20H,10-14,27H2,1H3,(H2,28,30)(H,29,37)/t18-,20+/m0/s1. The van der Waals surface area contributed by atoms with E-state index < -0.39 is 18.2 Å². The van der Waals surface area contributed by atoms with Crippen LogP contribution in [0.1, 0.15) is 11.1 Å². The van der Waals surface area contributed by atoms with Crippen molar-refractivity contribution in [3.05, 3.63) is 53.6 Å². The summed E-state index contributed by atoms with van der Waals surface area (Å²) in [5.74, 6) is -0.495. The van der Waals surface area contributed by atoms with E-state index in [1.807, 2.05) is 36.4 Å². The van der Waals surface area contributed by atoms with Gasteiger partial charge in [-0.1, -0.05) is 35.6 Å². The number of amides is 4. The molecule has 2 fully saturated rings. The van der Waals surface area contributed by atoms with Crippen molar-refractivity contribution < 1.29 is 14.4 Å². The van der Waals surface area contributed by atoms with E-state index in [0.717, 1.165) is 21.3 Å². The number of urea groups is 1. The van der Waals surface area contributed by atoms with Gasteiger partial charge in [0.05, 0.1) is 29.4 Å². The number of nitrogen functional groups attached to an aromatic ring is 2. The summed E-state index contributed by atoms with van der Waals surface area (Å²) in [6, 6.07) is 13.6. The van der Waals surface area contributed by atoms with Crippen molar-refractivity contribution >= 4 is 50.2 Å². The Hall–Kier alpha value is -4.41. The van der Waals surface area contributed by atoms with Gasteiger partial charge in [-0.2, -0.15) is 10.3 Å². The smallest absolute Gasteiger partial charge is 0.332 e. The number of nitrogens with two attached hydrogens (primary N) is 2. The molecule has 38 heavy (non-hydrogen) atoms. The van der Waals surface area contributed by atoms with Crippen molar-refractivity contribution in [1.29, 1.82) is 5.26 Å². The van der Waals surface area contributed by atoms with Crippen LogP contribution in [0.2, 0.25) is 0 Å². The Morgan fingerprint density at radius 2 is 2.00 bits per heavy atom. The molecule has 2 saturated heterocycles. The maximum Gasteiger partial charge on any atom is 0.332 e. The Kier molecular flexibility index (Phi) is 6.75. The lowest BCUT2D eigenvalue weighted by Gasteiger charge is -2.46. The molecule has 3 heterocycles. The molecule has 5 rings (SSSR count). The molecule has 2 atom stereocenters. The van der Waals surface area contributed by atoms with Crippen molar-refractivity contribution in [2.75, 3.05) is 38.1 Å². The zero-order valence-corrected chi connectivity index (χ0v) is 21.5. The normalized spacial score (nSPS) is 19.5. The molecule has 0 saturated carbocycles. The number of para-hydroxylation sites is 1. The maximum absolute atomic E-state index is 13.9. The van der Waals surface area contributed by atoms with E-state index >= 15 is 0 Å². The number of hydrazine groups is 1. The highest BCUT2D eigenvalue weighted by Gasteiger charge is 2.52. The Morgan fingerprint density at radius 1 is 1.24 bits per heavy atom. The first-order valence-electron chi connectivity index (χ1n) is 12.0. The number of carbonyl (C=O) groups excluding carboxylic acids is 3. The van der Waals surface area contributed by atoms with Gasteiger partial charge in [-0.05, 0) is 29.3 Å². The molecule has 196 valence electrons. The van der Waals surface area contributed by atoms with Crippen LogP contribution in [0.15, 0.2) is 42.5 Å². The molecule has 3 aromatic rings. The number of rotatable bonds is 6. The van der Waals surface area contributed by atoms with E-state index in [1.165, 1.54) is 23.4 Å². The van der Waals surface area contributed by atoms with Crippen molar-refractivity contribution in [2.24, 2.45) is 0 Å². The zero-order chi connectivity index (χ0) is 27.0. The van der Waals surface area contributed by atoms with Crippen molar-refractivity contribution in [2.45, 2.75) is 25.2 Å². The molecule has 5 N–H and O–H groups in total. The van der Waals surface area contributed by atoms with Gasteiger partial charge < -0.3 is 26.6 Å². The predicted octanol–water partition coefficient (Wildman–Crippen LogP) is 0.964. The molecule has 0 bridgehead atoms. The van der Waals surface area contributed by atoms with Crippen LogP contribution in [0.25, 0.3) is 10.2 Å². The SMILES string of the molecule is CNC(=O)N(CC#N)N1CC(=O)N2[C@@H](Cc3ccc(N)cc3)C(=O)N(Cc3cccc4sc(N)nc34)C[C@@H]21. The summed E-state index contributed by atoms with van der Waals surface area (Å²) in [5, 5.41) is 15.1. The number of hydrogen-bond donors (Lipinski definition) is 3. The Balaban J connectivity index is 1.52. The first-order valence-corrected chi connectivity index (χ1v) is 12.8. The Morgan fingerprint density at radius 3 is 2.71 bits per heavy atom. The second-order valence-corrected chi connectivity index (χ2v) is 10.2. The highest BCUT2D eigenvalue weighted by atomic mass is 32.1. The molecule has 2 aliphatic rings. The van der Waals surface area contributed by atoms with E-state index in [9.17, 15) is 19.6 Å². The lowest BCUT2D eigenvalue weighted by molar-refractivity contribution is -0.157. The molecule has 0 spiro atoms. The average Bonchev–Trinajstić information content (AvgIpc) is 3.45. The lowest BCUT2D eigenvalue weighted by Crippen LogP contribution is -2.66. The van der Waals surface area contributed by atoms with Gasteiger partial charge in [-0.25, -0.2) is 14.8 Å². The first-order chi connectivity index (χ1) is 18.3. The fourth-order valence-electron chi connectivity index (χ4n) is 5.10. The summed E-state index contributed by atoms with van der Waals surface area (Å²) in [6.07, 6.45) is -0.359. The molecule has 0 radical (unpaired) electrons. The molecule has 0 aliphatic carbocycles. The second kappa shape index (κ2) is 10.2. The van der Waals surface area contributed by atoms with E-state index in [2.05, 4.69) is 10.3 Å². The predicted molar refractivity (Wildman–Crippen MR) is 142 cm³/mol. The fraction of sp³-hybridized carbons (Fsp3) is 0.320. The maximum atomic E-state index is 13.9. The third kappa shape index (κ3) is 4.55. The molecular formula is C25H27N9O3S. The second-order valence-electron chi connectivity index (χ2n) is 9.15. The number of anilines is 2. The number of nitrogens with zero attached hydrogens (tertiary/aromatic N) is 6. The van der Waals surface area contributed by atoms with E-state index in [0.29, 0.717) is 10.8 Å². The summed E-state index contributed by atoms with van der Waals surface area (Å²) in [6.45, 7) is 0.0303. The van der Waals surface area contributed by atoms with Gasteiger partial charge in [-0.15, -0.1) is 0 Å². The van der Waals surface area contributed by atoms with Gasteiger partial charge in [0.15, 0.2) is 5.13 Å². The van der Waals surface area contributed by atoms with Gasteiger partial charge >= 0.3 is 6.03 Å². The van der Waals surface area contributed by atoms with Crippen molar-refractivity contribution in [1.82, 2.24) is 30.1 Å². The average molecular weight is 534 g/mol. The summed E-state index contributed by atoms with van der Waals surface area (Å²) < 4.78 is 0.919. The molecule has 12 nitrogen and oxygen atoms in total. The molecule has 2 aliphatic heterocycles. The number of nitriles is 1. The number of benzene rings is 2. The zero-order valence-electron chi connectivity index (χ0n) is 20.7. The first kappa shape index (κ1) is 25.2. The topological polar surface area (TPSA) is 165 Å². The van der Waals surface area contributed by atoms with Crippen LogP contribution in [-0.2, 0) is 22.6 Å². The Labute approximate surface area is 223 Å². The molecular weight excluding hydrogens is 506 g/mol. The fourth-order valence-corrected chi connectivity index (χ4v) is 5.88. The Bertz CT molecular complexity index is 1430. The molecule has 13 heteroatoms. The van der Waals surface area contributed by atoms with Gasteiger partial charge in [0, 0.05) is 25.7 Å². The van der Waals surface area contributed by atoms with Gasteiger partial charge in [0.25, 0.3) is 0 Å². The minimum Gasteiger partial charge on any atom is -0.399 e. The number of nitrogens with one attached hydrogen (secondary N) is 1. The summed E-state index contributed by atoms with van der Waals surface area (Å²) in [5.41, 5.74) is 14.8. The van der Waals surface area contributed by atoms with Crippen LogP contribution in [0.4, 0.5) is 15.6 Å². The molecule has 1 aromatic heterocycles. The lowest BCUT2D eigenvalue weighted by atomic mass is 9.99. The van der Waals surface area contributed by atoms with E-state index in [-0.39, 0.29) is 44.4 Å². The molecule has 0 unspecified atom stereocenters. The van der Waals surface area contributed by atoms with Gasteiger partial charge in [0.1, 0.15) is 18.8 Å². The van der Waals surface area contributed by atoms with Crippen LogP contribution in [-0.4, -0.2) is 81.5 Å². The number of thiazole rings is 1. The van der Waals surface area contributed by atoms with Crippen molar-refractivity contribution in [3.8, 4) is 6.07 Å². The quantitative estimate of drug-likeness (QED) is 0.311. The number of fused-ring (bicyclic) bond motifs is 2. The molecule has 2 aromatic carbocycles. The van der Waals surface area contributed by atoms with Crippen LogP contribution in [0.5, 0.6) is 0 Å². The highest BCUT2D eigenvalue weighted by molar-refractivity contribution is 7.22. The third-order valence-corrected chi connectivity index (χ3v) is 7.68. The number of hydrogen-bond acceptors (Lipinski definition) is 9. The van der Waals surface area contributed by atoms with E-state index in [4.69, 9.17) is 11.5 Å². The summed E-state index contributed by atoms with van der Waals surface area (Å²) in [7, 11) is 1.46. The van der Waals surface area contributed by atoms with Gasteiger partial charge in [0.2, 0.25) is 11.8 Å². The van der Waals surface area contributed by atoms with Gasteiger partial charge in [-0.3, -0.25) is 9.59 Å². The van der Waals surface area contributed by atoms with Crippen LogP contribution in [0, 0.1) is 11.3 Å². The highest BCUT2D eigenvalue weighted by Crippen LogP contribution is 2.32. The molecule has 4 amide bonds. The van der Waals surface area contributed by atoms with Crippen LogP contribution < -0.4 is 16.8 Å². The number of aromatic nitrogens is 1. The summed E-state index contributed by atoms with van der Waals surface area (Å²) >= 11 is 1.37. The van der Waals surface area contributed by atoms with Crippen LogP contribution in [0.3, 0.4) is 0 Å². The van der Waals surface area contributed by atoms with Crippen molar-refractivity contribution in [3.63, 3.8) is 0 Å². The largest absolute Gasteiger partial charge is 0.399 e. The third-order valence-electron chi connectivity index (χ3n) is 6.83. The number of carbonyl (C=O) groups is 3. The number of piperazine rings is 1. The minimum atomic E-state index is -0.803. The summed E-state index contributed by atoms with van der Waals surface area (Å²) in [4.78, 5) is 47.6. The van der Waals surface area contributed by atoms with E-state index in [1.54, 1.807) is 26.9 Å².